The molecule has 0 aliphatic carbocycles. The molecule has 9 heteroatoms. The van der Waals surface area contributed by atoms with Gasteiger partial charge in [-0.25, -0.2) is 0 Å². The first-order chi connectivity index (χ1) is 11.7. The van der Waals surface area contributed by atoms with Gasteiger partial charge in [0, 0.05) is 24.7 Å². The van der Waals surface area contributed by atoms with Crippen molar-refractivity contribution in [2.45, 2.75) is 17.2 Å². The maximum atomic E-state index is 12.0. The molecule has 1 N–H and O–H groups in total. The van der Waals surface area contributed by atoms with Crippen LogP contribution in [0.1, 0.15) is 12.8 Å². The number of methoxy groups -OCH3 is 1. The summed E-state index contributed by atoms with van der Waals surface area (Å²) in [6.45, 7) is 0.525. The number of imide groups is 1. The number of benzene rings is 1. The van der Waals surface area contributed by atoms with Crippen LogP contribution < -0.4 is 10.1 Å². The maximum absolute atomic E-state index is 12.0. The first kappa shape index (κ1) is 16.7. The Hall–Kier alpha value is -2.13. The van der Waals surface area contributed by atoms with E-state index in [9.17, 15) is 9.59 Å². The lowest BCUT2D eigenvalue weighted by molar-refractivity contribution is -0.140. The van der Waals surface area contributed by atoms with Crippen LogP contribution in [0.2, 0.25) is 0 Å². The van der Waals surface area contributed by atoms with Crippen LogP contribution in [0.4, 0.5) is 10.8 Å². The van der Waals surface area contributed by atoms with Crippen molar-refractivity contribution in [2.75, 3.05) is 24.7 Å². The largest absolute Gasteiger partial charge is 0.497 e. The third kappa shape index (κ3) is 4.04. The molecule has 1 saturated heterocycles. The van der Waals surface area contributed by atoms with Crippen LogP contribution in [0.5, 0.6) is 5.75 Å². The lowest BCUT2D eigenvalue weighted by Gasteiger charge is -2.11. The van der Waals surface area contributed by atoms with Crippen LogP contribution in [0.15, 0.2) is 28.6 Å². The predicted octanol–water partition coefficient (Wildman–Crippen LogP) is 2.53. The Bertz CT molecular complexity index is 750. The molecule has 0 atom stereocenters. The molecule has 0 saturated carbocycles. The zero-order valence-corrected chi connectivity index (χ0v) is 14.7. The number of aromatic nitrogens is 2. The lowest BCUT2D eigenvalue weighted by atomic mass is 10.3. The Labute approximate surface area is 147 Å². The van der Waals surface area contributed by atoms with E-state index in [1.54, 1.807) is 7.11 Å². The maximum Gasteiger partial charge on any atom is 0.239 e. The highest BCUT2D eigenvalue weighted by atomic mass is 32.2. The van der Waals surface area contributed by atoms with Gasteiger partial charge in [-0.2, -0.15) is 0 Å². The van der Waals surface area contributed by atoms with E-state index in [-0.39, 0.29) is 17.6 Å². The predicted molar refractivity (Wildman–Crippen MR) is 92.9 cm³/mol. The van der Waals surface area contributed by atoms with E-state index in [0.29, 0.717) is 22.4 Å². The van der Waals surface area contributed by atoms with Crippen molar-refractivity contribution < 1.29 is 14.3 Å². The van der Waals surface area contributed by atoms with E-state index < -0.39 is 0 Å². The summed E-state index contributed by atoms with van der Waals surface area (Å²) in [7, 11) is 1.61. The van der Waals surface area contributed by atoms with Crippen molar-refractivity contribution in [3.05, 3.63) is 24.3 Å². The quantitative estimate of drug-likeness (QED) is 0.789. The van der Waals surface area contributed by atoms with Crippen molar-refractivity contribution in [2.24, 2.45) is 0 Å². The highest BCUT2D eigenvalue weighted by molar-refractivity contribution is 8.01. The molecule has 0 unspecified atom stereocenters. The number of hydrogen-bond acceptors (Lipinski definition) is 8. The Morgan fingerprint density at radius 1 is 1.46 bits per heavy atom. The summed E-state index contributed by atoms with van der Waals surface area (Å²) in [6, 6.07) is 7.50. The zero-order chi connectivity index (χ0) is 16.9. The molecule has 0 spiro atoms. The van der Waals surface area contributed by atoms with Gasteiger partial charge in [0.2, 0.25) is 16.9 Å². The zero-order valence-electron chi connectivity index (χ0n) is 13.0. The van der Waals surface area contributed by atoms with Gasteiger partial charge in [-0.3, -0.25) is 14.5 Å². The standard InChI is InChI=1S/C15H16N4O3S2/c1-22-11-5-2-4-10(8-11)16-14-17-18-15(24-14)23-9-13(21)19-7-3-6-12(19)20/h2,4-5,8H,3,6-7,9H2,1H3,(H,16,17). The second-order valence-electron chi connectivity index (χ2n) is 5.06. The number of nitrogens with one attached hydrogen (secondary N) is 1. The van der Waals surface area contributed by atoms with Crippen LogP contribution in [-0.2, 0) is 9.59 Å². The SMILES string of the molecule is COc1cccc(Nc2nnc(SCC(=O)N3CCCC3=O)s2)c1. The van der Waals surface area contributed by atoms with Gasteiger partial charge in [0.15, 0.2) is 4.34 Å². The number of thioether (sulfide) groups is 1. The van der Waals surface area contributed by atoms with E-state index in [2.05, 4.69) is 15.5 Å². The van der Waals surface area contributed by atoms with E-state index in [4.69, 9.17) is 4.74 Å². The van der Waals surface area contributed by atoms with E-state index in [1.165, 1.54) is 28.0 Å². The highest BCUT2D eigenvalue weighted by Gasteiger charge is 2.26. The fourth-order valence-corrected chi connectivity index (χ4v) is 3.90. The average Bonchev–Trinajstić information content (AvgIpc) is 3.22. The molecule has 1 aliphatic rings. The minimum Gasteiger partial charge on any atom is -0.497 e. The number of amides is 2. The third-order valence-electron chi connectivity index (χ3n) is 3.42. The first-order valence-corrected chi connectivity index (χ1v) is 9.16. The second-order valence-corrected chi connectivity index (χ2v) is 7.26. The molecule has 0 bridgehead atoms. The number of likely N-dealkylation sites (tertiary alicyclic amines) is 1. The monoisotopic (exact) mass is 364 g/mol. The number of carbonyl (C=O) groups excluding carboxylic acids is 2. The normalized spacial score (nSPS) is 14.0. The fourth-order valence-electron chi connectivity index (χ4n) is 2.26. The number of nitrogens with zero attached hydrogens (tertiary/aromatic N) is 3. The van der Waals surface area contributed by atoms with Gasteiger partial charge in [-0.1, -0.05) is 29.2 Å². The molecule has 2 aromatic rings. The van der Waals surface area contributed by atoms with Crippen molar-refractivity contribution in [3.63, 3.8) is 0 Å². The molecule has 3 rings (SSSR count). The molecular weight excluding hydrogens is 348 g/mol. The number of ether oxygens (including phenoxy) is 1. The minimum absolute atomic E-state index is 0.0850. The molecular formula is C15H16N4O3S2. The van der Waals surface area contributed by atoms with Gasteiger partial charge in [-0.15, -0.1) is 10.2 Å². The van der Waals surface area contributed by atoms with Crippen molar-refractivity contribution in [1.29, 1.82) is 0 Å². The van der Waals surface area contributed by atoms with Crippen molar-refractivity contribution >= 4 is 45.7 Å². The van der Waals surface area contributed by atoms with Gasteiger partial charge in [0.05, 0.1) is 12.9 Å². The average molecular weight is 364 g/mol. The Kier molecular flexibility index (Phi) is 5.31. The molecule has 1 aromatic heterocycles. The van der Waals surface area contributed by atoms with E-state index in [1.807, 2.05) is 24.3 Å². The van der Waals surface area contributed by atoms with Crippen molar-refractivity contribution in [3.8, 4) is 5.75 Å². The van der Waals surface area contributed by atoms with Crippen LogP contribution in [-0.4, -0.2) is 46.3 Å². The first-order valence-electron chi connectivity index (χ1n) is 7.36. The molecule has 126 valence electrons. The fraction of sp³-hybridized carbons (Fsp3) is 0.333. The topological polar surface area (TPSA) is 84.4 Å². The third-order valence-corrected chi connectivity index (χ3v) is 5.38. The summed E-state index contributed by atoms with van der Waals surface area (Å²) >= 11 is 2.65. The summed E-state index contributed by atoms with van der Waals surface area (Å²) in [5, 5.41) is 11.9. The molecule has 1 aromatic carbocycles. The summed E-state index contributed by atoms with van der Waals surface area (Å²) in [4.78, 5) is 24.9. The molecule has 2 heterocycles. The Balaban J connectivity index is 1.55. The van der Waals surface area contributed by atoms with Crippen LogP contribution >= 0.6 is 23.1 Å². The molecule has 24 heavy (non-hydrogen) atoms. The summed E-state index contributed by atoms with van der Waals surface area (Å²) in [5.74, 6) is 0.692. The van der Waals surface area contributed by atoms with Gasteiger partial charge >= 0.3 is 0 Å². The van der Waals surface area contributed by atoms with Crippen LogP contribution in [0.25, 0.3) is 0 Å². The number of carbonyl (C=O) groups is 2. The number of hydrogen-bond donors (Lipinski definition) is 1. The van der Waals surface area contributed by atoms with Gasteiger partial charge in [0.1, 0.15) is 5.75 Å². The van der Waals surface area contributed by atoms with Crippen LogP contribution in [0.3, 0.4) is 0 Å². The molecule has 1 aliphatic heterocycles. The molecule has 1 fully saturated rings. The molecule has 7 nitrogen and oxygen atoms in total. The summed E-state index contributed by atoms with van der Waals surface area (Å²) in [6.07, 6.45) is 1.21. The molecule has 0 radical (unpaired) electrons. The van der Waals surface area contributed by atoms with Crippen LogP contribution in [0, 0.1) is 0 Å². The number of rotatable bonds is 6. The lowest BCUT2D eigenvalue weighted by Crippen LogP contribution is -2.33. The van der Waals surface area contributed by atoms with Gasteiger partial charge < -0.3 is 10.1 Å². The van der Waals surface area contributed by atoms with Gasteiger partial charge in [0.25, 0.3) is 0 Å². The Morgan fingerprint density at radius 3 is 3.08 bits per heavy atom. The Morgan fingerprint density at radius 2 is 2.33 bits per heavy atom. The van der Waals surface area contributed by atoms with Crippen molar-refractivity contribution in [1.82, 2.24) is 15.1 Å². The number of anilines is 2. The summed E-state index contributed by atoms with van der Waals surface area (Å²) in [5.41, 5.74) is 0.848. The minimum atomic E-state index is -0.167. The smallest absolute Gasteiger partial charge is 0.239 e. The highest BCUT2D eigenvalue weighted by Crippen LogP contribution is 2.29. The summed E-state index contributed by atoms with van der Waals surface area (Å²) < 4.78 is 5.85. The van der Waals surface area contributed by atoms with E-state index >= 15 is 0 Å². The van der Waals surface area contributed by atoms with Gasteiger partial charge in [-0.05, 0) is 18.6 Å². The van der Waals surface area contributed by atoms with E-state index in [0.717, 1.165) is 17.9 Å². The molecule has 2 amide bonds. The second kappa shape index (κ2) is 7.63.